The van der Waals surface area contributed by atoms with Crippen molar-refractivity contribution in [3.8, 4) is 34.4 Å². The van der Waals surface area contributed by atoms with Crippen LogP contribution in [0.2, 0.25) is 0 Å². The van der Waals surface area contributed by atoms with Crippen molar-refractivity contribution in [2.45, 2.75) is 26.7 Å². The highest BCUT2D eigenvalue weighted by Gasteiger charge is 2.21. The zero-order valence-corrected chi connectivity index (χ0v) is 26.9. The van der Waals surface area contributed by atoms with Gasteiger partial charge in [0, 0.05) is 38.4 Å². The third-order valence-corrected chi connectivity index (χ3v) is 9.54. The second-order valence-electron chi connectivity index (χ2n) is 12.3. The van der Waals surface area contributed by atoms with Crippen LogP contribution >= 0.6 is 0 Å². The van der Waals surface area contributed by atoms with Gasteiger partial charge in [0.05, 0.1) is 22.1 Å². The van der Waals surface area contributed by atoms with Crippen LogP contribution in [0.25, 0.3) is 78.0 Å². The lowest BCUT2D eigenvalue weighted by Crippen LogP contribution is -2.06. The first-order chi connectivity index (χ1) is 23.7. The molecular formula is C43H33N5. The number of rotatable bonds is 6. The van der Waals surface area contributed by atoms with Crippen LogP contribution in [-0.4, -0.2) is 24.1 Å². The third-order valence-electron chi connectivity index (χ3n) is 9.54. The molecule has 0 bridgehead atoms. The smallest absolute Gasteiger partial charge is 0.238 e. The minimum Gasteiger partial charge on any atom is -0.309 e. The molecule has 0 aliphatic rings. The van der Waals surface area contributed by atoms with E-state index in [0.29, 0.717) is 17.6 Å². The monoisotopic (exact) mass is 619 g/mol. The van der Waals surface area contributed by atoms with Gasteiger partial charge in [0.2, 0.25) is 5.95 Å². The molecule has 5 heteroatoms. The van der Waals surface area contributed by atoms with E-state index in [4.69, 9.17) is 15.0 Å². The van der Waals surface area contributed by atoms with Gasteiger partial charge in [0.1, 0.15) is 0 Å². The molecule has 48 heavy (non-hydrogen) atoms. The number of nitrogens with zero attached hydrogens (tertiary/aromatic N) is 5. The average Bonchev–Trinajstić information content (AvgIpc) is 3.66. The van der Waals surface area contributed by atoms with Gasteiger partial charge in [-0.1, -0.05) is 117 Å². The highest BCUT2D eigenvalue weighted by molar-refractivity contribution is 6.18. The Hall–Kier alpha value is -6.07. The first kappa shape index (κ1) is 28.2. The van der Waals surface area contributed by atoms with Crippen LogP contribution in [0.15, 0.2) is 140 Å². The van der Waals surface area contributed by atoms with Crippen molar-refractivity contribution in [1.82, 2.24) is 24.1 Å². The summed E-state index contributed by atoms with van der Waals surface area (Å²) in [6, 6.07) is 49.6. The van der Waals surface area contributed by atoms with Crippen molar-refractivity contribution in [3.05, 3.63) is 151 Å². The Morgan fingerprint density at radius 2 is 0.875 bits per heavy atom. The molecule has 9 rings (SSSR count). The third kappa shape index (κ3) is 4.50. The van der Waals surface area contributed by atoms with Crippen molar-refractivity contribution < 1.29 is 0 Å². The van der Waals surface area contributed by atoms with E-state index in [1.54, 1.807) is 0 Å². The van der Waals surface area contributed by atoms with Crippen molar-refractivity contribution in [2.75, 3.05) is 0 Å². The molecule has 3 aromatic heterocycles. The number of para-hydroxylation sites is 3. The number of aryl methyl sites for hydroxylation is 2. The molecule has 6 aromatic carbocycles. The number of aromatic nitrogens is 5. The zero-order chi connectivity index (χ0) is 32.2. The lowest BCUT2D eigenvalue weighted by atomic mass is 10.1. The van der Waals surface area contributed by atoms with Crippen molar-refractivity contribution in [2.24, 2.45) is 0 Å². The van der Waals surface area contributed by atoms with E-state index in [0.717, 1.165) is 51.5 Å². The summed E-state index contributed by atoms with van der Waals surface area (Å²) in [6.45, 7) is 4.34. The minimum absolute atomic E-state index is 0.603. The molecule has 0 amide bonds. The van der Waals surface area contributed by atoms with Crippen LogP contribution < -0.4 is 0 Å². The van der Waals surface area contributed by atoms with Crippen molar-refractivity contribution in [1.29, 1.82) is 0 Å². The highest BCUT2D eigenvalue weighted by atomic mass is 15.2. The van der Waals surface area contributed by atoms with Gasteiger partial charge < -0.3 is 4.57 Å². The summed E-state index contributed by atoms with van der Waals surface area (Å²) in [5.74, 6) is 1.92. The summed E-state index contributed by atoms with van der Waals surface area (Å²) in [5.41, 5.74) is 10.1. The SMILES string of the molecule is CCc1ccc(-c2nc(-c3ccc(CC)cc3)nc(-n3c4ccccc4c4cc5c(cc43)c3ccccc3n5-c3ccccc3)n2)cc1. The van der Waals surface area contributed by atoms with Gasteiger partial charge >= 0.3 is 0 Å². The molecule has 0 fully saturated rings. The fourth-order valence-electron chi connectivity index (χ4n) is 7.00. The molecule has 230 valence electrons. The van der Waals surface area contributed by atoms with Gasteiger partial charge in [0.15, 0.2) is 11.6 Å². The lowest BCUT2D eigenvalue weighted by Gasteiger charge is -2.11. The van der Waals surface area contributed by atoms with Gasteiger partial charge in [-0.3, -0.25) is 4.57 Å². The van der Waals surface area contributed by atoms with E-state index < -0.39 is 0 Å². The van der Waals surface area contributed by atoms with Crippen LogP contribution in [0.1, 0.15) is 25.0 Å². The maximum absolute atomic E-state index is 5.19. The maximum Gasteiger partial charge on any atom is 0.238 e. The topological polar surface area (TPSA) is 48.5 Å². The lowest BCUT2D eigenvalue weighted by molar-refractivity contribution is 0.953. The van der Waals surface area contributed by atoms with Gasteiger partial charge in [-0.2, -0.15) is 9.97 Å². The summed E-state index contributed by atoms with van der Waals surface area (Å²) in [6.07, 6.45) is 1.96. The van der Waals surface area contributed by atoms with E-state index in [1.807, 2.05) is 0 Å². The summed E-state index contributed by atoms with van der Waals surface area (Å²) < 4.78 is 4.59. The van der Waals surface area contributed by atoms with E-state index in [-0.39, 0.29) is 0 Å². The first-order valence-electron chi connectivity index (χ1n) is 16.7. The fourth-order valence-corrected chi connectivity index (χ4v) is 7.00. The van der Waals surface area contributed by atoms with Gasteiger partial charge in [0.25, 0.3) is 0 Å². The van der Waals surface area contributed by atoms with E-state index >= 15 is 0 Å². The van der Waals surface area contributed by atoms with Crippen LogP contribution in [0, 0.1) is 0 Å². The Labute approximate surface area is 278 Å². The molecule has 0 saturated heterocycles. The summed E-state index contributed by atoms with van der Waals surface area (Å²) in [7, 11) is 0. The fraction of sp³-hybridized carbons (Fsp3) is 0.0930. The Morgan fingerprint density at radius 3 is 1.40 bits per heavy atom. The van der Waals surface area contributed by atoms with Crippen LogP contribution in [0.3, 0.4) is 0 Å². The Morgan fingerprint density at radius 1 is 0.417 bits per heavy atom. The van der Waals surface area contributed by atoms with Crippen LogP contribution in [-0.2, 0) is 12.8 Å². The Bertz CT molecular complexity index is 2550. The van der Waals surface area contributed by atoms with E-state index in [1.165, 1.54) is 32.9 Å². The zero-order valence-electron chi connectivity index (χ0n) is 26.9. The number of hydrogen-bond acceptors (Lipinski definition) is 3. The molecule has 9 aromatic rings. The molecular weight excluding hydrogens is 587 g/mol. The number of benzene rings is 6. The largest absolute Gasteiger partial charge is 0.309 e. The van der Waals surface area contributed by atoms with Crippen LogP contribution in [0.4, 0.5) is 0 Å². The predicted molar refractivity (Wildman–Crippen MR) is 198 cm³/mol. The maximum atomic E-state index is 5.19. The first-order valence-corrected chi connectivity index (χ1v) is 16.7. The Kier molecular flexibility index (Phi) is 6.64. The molecule has 0 saturated carbocycles. The highest BCUT2D eigenvalue weighted by Crippen LogP contribution is 2.39. The van der Waals surface area contributed by atoms with E-state index in [2.05, 4.69) is 163 Å². The summed E-state index contributed by atoms with van der Waals surface area (Å²) in [5, 5.41) is 4.70. The number of hydrogen-bond donors (Lipinski definition) is 0. The van der Waals surface area contributed by atoms with Gasteiger partial charge in [-0.25, -0.2) is 4.98 Å². The number of fused-ring (bicyclic) bond motifs is 6. The van der Waals surface area contributed by atoms with Gasteiger partial charge in [-0.05, 0) is 60.4 Å². The standard InChI is InChI=1S/C43H33N5/c1-3-28-18-22-30(23-19-28)41-44-42(31-24-20-29(4-2)21-25-31)46-43(45-41)48-38-17-11-9-15-34(38)36-26-39-35(27-40(36)48)33-14-8-10-16-37(33)47(39)32-12-6-5-7-13-32/h5-27H,3-4H2,1-2H3. The molecule has 0 unspecified atom stereocenters. The van der Waals surface area contributed by atoms with Crippen molar-refractivity contribution >= 4 is 43.6 Å². The Balaban J connectivity index is 1.36. The molecule has 0 N–H and O–H groups in total. The molecule has 5 nitrogen and oxygen atoms in total. The average molecular weight is 620 g/mol. The molecule has 0 aliphatic heterocycles. The molecule has 3 heterocycles. The van der Waals surface area contributed by atoms with Crippen molar-refractivity contribution in [3.63, 3.8) is 0 Å². The molecule has 0 atom stereocenters. The molecule has 0 spiro atoms. The van der Waals surface area contributed by atoms with Crippen LogP contribution in [0.5, 0.6) is 0 Å². The second kappa shape index (κ2) is 11.3. The summed E-state index contributed by atoms with van der Waals surface area (Å²) in [4.78, 5) is 15.4. The predicted octanol–water partition coefficient (Wildman–Crippen LogP) is 10.5. The summed E-state index contributed by atoms with van der Waals surface area (Å²) >= 11 is 0. The molecule has 0 aliphatic carbocycles. The second-order valence-corrected chi connectivity index (χ2v) is 12.3. The van der Waals surface area contributed by atoms with E-state index in [9.17, 15) is 0 Å². The molecule has 0 radical (unpaired) electrons. The minimum atomic E-state index is 0.603. The van der Waals surface area contributed by atoms with Gasteiger partial charge in [-0.15, -0.1) is 0 Å². The normalized spacial score (nSPS) is 11.7. The quantitative estimate of drug-likeness (QED) is 0.186.